The zero-order valence-corrected chi connectivity index (χ0v) is 14.4. The van der Waals surface area contributed by atoms with Gasteiger partial charge in [0.15, 0.2) is 0 Å². The predicted octanol–water partition coefficient (Wildman–Crippen LogP) is 2.58. The highest BCUT2D eigenvalue weighted by Gasteiger charge is 2.30. The molecule has 0 unspecified atom stereocenters. The lowest BCUT2D eigenvalue weighted by atomic mass is 9.94. The second kappa shape index (κ2) is 5.76. The van der Waals surface area contributed by atoms with Gasteiger partial charge in [0, 0.05) is 11.3 Å². The van der Waals surface area contributed by atoms with E-state index < -0.39 is 0 Å². The summed E-state index contributed by atoms with van der Waals surface area (Å²) in [7, 11) is 0. The van der Waals surface area contributed by atoms with Crippen molar-refractivity contribution in [3.05, 3.63) is 26.6 Å². The van der Waals surface area contributed by atoms with Gasteiger partial charge in [0.05, 0.1) is 24.1 Å². The summed E-state index contributed by atoms with van der Waals surface area (Å²) in [4.78, 5) is 22.0. The van der Waals surface area contributed by atoms with E-state index >= 15 is 0 Å². The molecular weight excluding hydrogens is 298 g/mol. The number of hydrogen-bond donors (Lipinski definition) is 2. The summed E-state index contributed by atoms with van der Waals surface area (Å²) in [5, 5.41) is 4.07. The minimum atomic E-state index is -0.217. The van der Waals surface area contributed by atoms with Crippen molar-refractivity contribution in [1.82, 2.24) is 15.3 Å². The first kappa shape index (κ1) is 15.6. The summed E-state index contributed by atoms with van der Waals surface area (Å²) < 4.78 is 5.84. The number of fused-ring (bicyclic) bond motifs is 3. The van der Waals surface area contributed by atoms with Gasteiger partial charge in [-0.05, 0) is 31.9 Å². The molecule has 3 heterocycles. The fraction of sp³-hybridized carbons (Fsp3) is 0.625. The van der Waals surface area contributed by atoms with Crippen molar-refractivity contribution in [3.63, 3.8) is 0 Å². The normalized spacial score (nSPS) is 17.1. The molecule has 0 aromatic carbocycles. The van der Waals surface area contributed by atoms with Crippen molar-refractivity contribution in [2.24, 2.45) is 5.92 Å². The maximum Gasteiger partial charge on any atom is 0.259 e. The van der Waals surface area contributed by atoms with Gasteiger partial charge in [-0.25, -0.2) is 4.98 Å². The minimum Gasteiger partial charge on any atom is -0.370 e. The fourth-order valence-electron chi connectivity index (χ4n) is 2.76. The van der Waals surface area contributed by atoms with E-state index in [-0.39, 0.29) is 11.2 Å². The number of aromatic amines is 1. The van der Waals surface area contributed by atoms with Crippen molar-refractivity contribution >= 4 is 21.6 Å². The van der Waals surface area contributed by atoms with E-state index in [0.29, 0.717) is 24.9 Å². The molecule has 0 spiro atoms. The van der Waals surface area contributed by atoms with Crippen molar-refractivity contribution < 1.29 is 4.74 Å². The Morgan fingerprint density at radius 3 is 2.95 bits per heavy atom. The molecular formula is C16H23N3O2S. The molecule has 0 fully saturated rings. The molecule has 2 N–H and O–H groups in total. The van der Waals surface area contributed by atoms with Crippen LogP contribution in [-0.4, -0.2) is 22.1 Å². The number of nitrogens with one attached hydrogen (secondary N) is 2. The van der Waals surface area contributed by atoms with E-state index in [0.717, 1.165) is 33.6 Å². The van der Waals surface area contributed by atoms with Crippen molar-refractivity contribution in [1.29, 1.82) is 0 Å². The molecule has 2 aromatic rings. The first-order valence-electron chi connectivity index (χ1n) is 7.74. The smallest absolute Gasteiger partial charge is 0.259 e. The Morgan fingerprint density at radius 2 is 2.23 bits per heavy atom. The van der Waals surface area contributed by atoms with Crippen LogP contribution in [0.2, 0.25) is 0 Å². The van der Waals surface area contributed by atoms with E-state index in [1.807, 2.05) is 0 Å². The molecule has 5 nitrogen and oxygen atoms in total. The van der Waals surface area contributed by atoms with Crippen LogP contribution in [0.5, 0.6) is 0 Å². The maximum atomic E-state index is 12.5. The standard InChI is InChI=1S/C16H23N3O2S/c1-9(2)6-17-7-12-18-14(20)13-10-5-16(3,4)21-8-11(10)22-15(13)19-12/h9,17H,5-8H2,1-4H3,(H,18,19,20). The molecule has 0 amide bonds. The molecule has 0 bridgehead atoms. The lowest BCUT2D eigenvalue weighted by Crippen LogP contribution is -2.31. The van der Waals surface area contributed by atoms with Crippen LogP contribution in [0.3, 0.4) is 0 Å². The Morgan fingerprint density at radius 1 is 1.45 bits per heavy atom. The molecule has 0 aliphatic carbocycles. The summed E-state index contributed by atoms with van der Waals surface area (Å²) in [6, 6.07) is 0. The number of nitrogens with zero attached hydrogens (tertiary/aromatic N) is 1. The van der Waals surface area contributed by atoms with Crippen LogP contribution < -0.4 is 10.9 Å². The molecule has 6 heteroatoms. The van der Waals surface area contributed by atoms with Gasteiger partial charge >= 0.3 is 0 Å². The fourth-order valence-corrected chi connectivity index (χ4v) is 3.88. The third-order valence-corrected chi connectivity index (χ3v) is 4.93. The van der Waals surface area contributed by atoms with Crippen molar-refractivity contribution in [2.75, 3.05) is 6.54 Å². The lowest BCUT2D eigenvalue weighted by Gasteiger charge is -2.29. The third-order valence-electron chi connectivity index (χ3n) is 3.84. The van der Waals surface area contributed by atoms with Crippen LogP contribution in [0.25, 0.3) is 10.2 Å². The minimum absolute atomic E-state index is 0.0263. The highest BCUT2D eigenvalue weighted by Crippen LogP contribution is 2.36. The molecule has 3 rings (SSSR count). The van der Waals surface area contributed by atoms with Gasteiger partial charge < -0.3 is 15.0 Å². The van der Waals surface area contributed by atoms with Crippen LogP contribution in [-0.2, 0) is 24.3 Å². The van der Waals surface area contributed by atoms with Crippen LogP contribution >= 0.6 is 11.3 Å². The second-order valence-electron chi connectivity index (χ2n) is 6.95. The van der Waals surface area contributed by atoms with Crippen molar-refractivity contribution in [3.8, 4) is 0 Å². The zero-order valence-electron chi connectivity index (χ0n) is 13.6. The summed E-state index contributed by atoms with van der Waals surface area (Å²) >= 11 is 1.58. The average molecular weight is 321 g/mol. The molecule has 22 heavy (non-hydrogen) atoms. The summed E-state index contributed by atoms with van der Waals surface area (Å²) in [6.07, 6.45) is 0.762. The van der Waals surface area contributed by atoms with E-state index in [2.05, 4.69) is 43.0 Å². The van der Waals surface area contributed by atoms with Gasteiger partial charge in [0.25, 0.3) is 5.56 Å². The molecule has 1 aliphatic rings. The Balaban J connectivity index is 1.94. The van der Waals surface area contributed by atoms with E-state index in [1.165, 1.54) is 0 Å². The maximum absolute atomic E-state index is 12.5. The number of aromatic nitrogens is 2. The van der Waals surface area contributed by atoms with Crippen LogP contribution in [0.1, 0.15) is 44.0 Å². The predicted molar refractivity (Wildman–Crippen MR) is 89.4 cm³/mol. The molecule has 0 radical (unpaired) electrons. The number of ether oxygens (including phenoxy) is 1. The zero-order chi connectivity index (χ0) is 15.9. The van der Waals surface area contributed by atoms with Gasteiger partial charge in [-0.15, -0.1) is 11.3 Å². The van der Waals surface area contributed by atoms with E-state index in [4.69, 9.17) is 4.74 Å². The molecule has 2 aromatic heterocycles. The summed E-state index contributed by atoms with van der Waals surface area (Å²) in [5.74, 6) is 1.28. The SMILES string of the molecule is CC(C)CNCc1nc2sc3c(c2c(=O)[nH]1)CC(C)(C)OC3. The second-order valence-corrected chi connectivity index (χ2v) is 8.03. The van der Waals surface area contributed by atoms with Gasteiger partial charge in [-0.3, -0.25) is 4.79 Å². The highest BCUT2D eigenvalue weighted by atomic mass is 32.1. The Labute approximate surface area is 134 Å². The molecule has 120 valence electrons. The highest BCUT2D eigenvalue weighted by molar-refractivity contribution is 7.18. The van der Waals surface area contributed by atoms with Gasteiger partial charge in [-0.2, -0.15) is 0 Å². The van der Waals surface area contributed by atoms with Gasteiger partial charge in [0.2, 0.25) is 0 Å². The van der Waals surface area contributed by atoms with Crippen LogP contribution in [0.15, 0.2) is 4.79 Å². The Kier molecular flexibility index (Phi) is 4.09. The van der Waals surface area contributed by atoms with E-state index in [9.17, 15) is 4.79 Å². The molecule has 0 atom stereocenters. The Bertz CT molecular complexity index is 746. The molecule has 0 saturated carbocycles. The Hall–Kier alpha value is -1.24. The van der Waals surface area contributed by atoms with E-state index in [1.54, 1.807) is 11.3 Å². The molecule has 0 saturated heterocycles. The summed E-state index contributed by atoms with van der Waals surface area (Å²) in [6.45, 7) is 10.5. The van der Waals surface area contributed by atoms with Crippen molar-refractivity contribution in [2.45, 2.75) is 52.9 Å². The third kappa shape index (κ3) is 3.09. The van der Waals surface area contributed by atoms with Gasteiger partial charge in [0.1, 0.15) is 10.7 Å². The lowest BCUT2D eigenvalue weighted by molar-refractivity contribution is -0.0379. The first-order valence-corrected chi connectivity index (χ1v) is 8.55. The quantitative estimate of drug-likeness (QED) is 0.908. The summed E-state index contributed by atoms with van der Waals surface area (Å²) in [5.41, 5.74) is 0.874. The number of hydrogen-bond acceptors (Lipinski definition) is 5. The number of H-pyrrole nitrogens is 1. The van der Waals surface area contributed by atoms with Crippen LogP contribution in [0, 0.1) is 5.92 Å². The topological polar surface area (TPSA) is 67.0 Å². The monoisotopic (exact) mass is 321 g/mol. The number of thiophene rings is 1. The first-order chi connectivity index (χ1) is 10.4. The molecule has 1 aliphatic heterocycles. The number of rotatable bonds is 4. The largest absolute Gasteiger partial charge is 0.370 e. The average Bonchev–Trinajstić information content (AvgIpc) is 2.75. The van der Waals surface area contributed by atoms with Crippen LogP contribution in [0.4, 0.5) is 0 Å². The van der Waals surface area contributed by atoms with Gasteiger partial charge in [-0.1, -0.05) is 13.8 Å².